The van der Waals surface area contributed by atoms with Gasteiger partial charge in [-0.3, -0.25) is 4.90 Å². The van der Waals surface area contributed by atoms with Gasteiger partial charge in [0.05, 0.1) is 0 Å². The molecule has 0 saturated carbocycles. The molecule has 2 nitrogen and oxygen atoms in total. The van der Waals surface area contributed by atoms with Gasteiger partial charge in [-0.05, 0) is 25.5 Å². The van der Waals surface area contributed by atoms with Gasteiger partial charge in [0.15, 0.2) is 0 Å². The van der Waals surface area contributed by atoms with Crippen molar-refractivity contribution in [2.45, 2.75) is 26.4 Å². The van der Waals surface area contributed by atoms with Gasteiger partial charge in [0, 0.05) is 31.4 Å². The van der Waals surface area contributed by atoms with E-state index in [2.05, 4.69) is 48.3 Å². The number of para-hydroxylation sites is 1. The zero-order valence-corrected chi connectivity index (χ0v) is 8.96. The molecule has 0 aliphatic carbocycles. The van der Waals surface area contributed by atoms with Crippen LogP contribution in [0.2, 0.25) is 0 Å². The average Bonchev–Trinajstić information content (AvgIpc) is 2.39. The second kappa shape index (κ2) is 4.01. The summed E-state index contributed by atoms with van der Waals surface area (Å²) in [5, 5.41) is 3.47. The van der Waals surface area contributed by atoms with E-state index < -0.39 is 0 Å². The van der Waals surface area contributed by atoms with Gasteiger partial charge in [0.1, 0.15) is 0 Å². The fourth-order valence-corrected chi connectivity index (χ4v) is 1.90. The van der Waals surface area contributed by atoms with E-state index in [0.29, 0.717) is 6.04 Å². The second-order valence-electron chi connectivity index (χ2n) is 4.15. The monoisotopic (exact) mass is 190 g/mol. The molecular formula is C12H18N2. The van der Waals surface area contributed by atoms with Gasteiger partial charge in [-0.2, -0.15) is 0 Å². The van der Waals surface area contributed by atoms with Crippen molar-refractivity contribution < 1.29 is 0 Å². The molecule has 1 heterocycles. The second-order valence-corrected chi connectivity index (χ2v) is 4.15. The van der Waals surface area contributed by atoms with E-state index in [0.717, 1.165) is 19.6 Å². The Kier molecular flexibility index (Phi) is 2.73. The van der Waals surface area contributed by atoms with Gasteiger partial charge >= 0.3 is 0 Å². The van der Waals surface area contributed by atoms with Gasteiger partial charge in [-0.25, -0.2) is 0 Å². The predicted octanol–water partition coefficient (Wildman–Crippen LogP) is 2.32. The van der Waals surface area contributed by atoms with Crippen LogP contribution >= 0.6 is 0 Å². The SMILES string of the molecule is CC(C)N1CCNc2ccccc2C1. The van der Waals surface area contributed by atoms with Crippen molar-refractivity contribution in [3.63, 3.8) is 0 Å². The van der Waals surface area contributed by atoms with Crippen LogP contribution in [0.5, 0.6) is 0 Å². The van der Waals surface area contributed by atoms with Gasteiger partial charge in [0.25, 0.3) is 0 Å². The van der Waals surface area contributed by atoms with Gasteiger partial charge in [0.2, 0.25) is 0 Å². The summed E-state index contributed by atoms with van der Waals surface area (Å²) in [5.74, 6) is 0. The average molecular weight is 190 g/mol. The first kappa shape index (κ1) is 9.53. The zero-order valence-electron chi connectivity index (χ0n) is 8.96. The lowest BCUT2D eigenvalue weighted by molar-refractivity contribution is 0.225. The highest BCUT2D eigenvalue weighted by atomic mass is 15.2. The topological polar surface area (TPSA) is 15.3 Å². The fraction of sp³-hybridized carbons (Fsp3) is 0.500. The van der Waals surface area contributed by atoms with Crippen molar-refractivity contribution in [1.29, 1.82) is 0 Å². The molecule has 0 unspecified atom stereocenters. The van der Waals surface area contributed by atoms with Crippen molar-refractivity contribution in [2.75, 3.05) is 18.4 Å². The van der Waals surface area contributed by atoms with E-state index in [1.54, 1.807) is 0 Å². The third-order valence-corrected chi connectivity index (χ3v) is 2.84. The van der Waals surface area contributed by atoms with Gasteiger partial charge < -0.3 is 5.32 Å². The Morgan fingerprint density at radius 1 is 1.29 bits per heavy atom. The Morgan fingerprint density at radius 3 is 2.86 bits per heavy atom. The molecule has 76 valence electrons. The van der Waals surface area contributed by atoms with Crippen LogP contribution in [0.25, 0.3) is 0 Å². The molecule has 1 aromatic carbocycles. The standard InChI is InChI=1S/C12H18N2/c1-10(2)14-8-7-13-12-6-4-3-5-11(12)9-14/h3-6,10,13H,7-9H2,1-2H3. The third-order valence-electron chi connectivity index (χ3n) is 2.84. The molecule has 0 amide bonds. The Balaban J connectivity index is 2.22. The predicted molar refractivity (Wildman–Crippen MR) is 60.5 cm³/mol. The quantitative estimate of drug-likeness (QED) is 0.731. The van der Waals surface area contributed by atoms with Crippen LogP contribution < -0.4 is 5.32 Å². The van der Waals surface area contributed by atoms with E-state index in [1.807, 2.05) is 0 Å². The minimum absolute atomic E-state index is 0.628. The maximum absolute atomic E-state index is 3.47. The largest absolute Gasteiger partial charge is 0.383 e. The number of nitrogens with one attached hydrogen (secondary N) is 1. The van der Waals surface area contributed by atoms with Gasteiger partial charge in [-0.1, -0.05) is 18.2 Å². The Hall–Kier alpha value is -1.02. The number of nitrogens with zero attached hydrogens (tertiary/aromatic N) is 1. The van der Waals surface area contributed by atoms with Crippen LogP contribution in [0, 0.1) is 0 Å². The van der Waals surface area contributed by atoms with Crippen LogP contribution in [0.15, 0.2) is 24.3 Å². The molecule has 0 fully saturated rings. The molecule has 0 aromatic heterocycles. The minimum Gasteiger partial charge on any atom is -0.383 e. The highest BCUT2D eigenvalue weighted by Crippen LogP contribution is 2.20. The van der Waals surface area contributed by atoms with E-state index in [9.17, 15) is 0 Å². The van der Waals surface area contributed by atoms with Crippen LogP contribution in [0.4, 0.5) is 5.69 Å². The van der Waals surface area contributed by atoms with Gasteiger partial charge in [-0.15, -0.1) is 0 Å². The number of hydrogen-bond acceptors (Lipinski definition) is 2. The molecule has 0 radical (unpaired) electrons. The molecule has 1 aliphatic rings. The maximum Gasteiger partial charge on any atom is 0.0386 e. The van der Waals surface area contributed by atoms with E-state index in [1.165, 1.54) is 11.3 Å². The molecule has 2 rings (SSSR count). The van der Waals surface area contributed by atoms with Crippen LogP contribution in [-0.2, 0) is 6.54 Å². The molecule has 0 bridgehead atoms. The number of benzene rings is 1. The smallest absolute Gasteiger partial charge is 0.0386 e. The first-order valence-electron chi connectivity index (χ1n) is 5.33. The van der Waals surface area contributed by atoms with Crippen LogP contribution in [0.3, 0.4) is 0 Å². The third kappa shape index (κ3) is 1.90. The summed E-state index contributed by atoms with van der Waals surface area (Å²) in [6, 6.07) is 9.21. The summed E-state index contributed by atoms with van der Waals surface area (Å²) in [6.45, 7) is 7.77. The lowest BCUT2D eigenvalue weighted by Gasteiger charge is -2.24. The first-order chi connectivity index (χ1) is 6.77. The molecule has 0 atom stereocenters. The Bertz CT molecular complexity index is 307. The number of anilines is 1. The van der Waals surface area contributed by atoms with E-state index >= 15 is 0 Å². The van der Waals surface area contributed by atoms with E-state index in [-0.39, 0.29) is 0 Å². The molecular weight excluding hydrogens is 172 g/mol. The molecule has 1 aliphatic heterocycles. The summed E-state index contributed by atoms with van der Waals surface area (Å²) in [7, 11) is 0. The number of rotatable bonds is 1. The zero-order chi connectivity index (χ0) is 9.97. The molecule has 1 N–H and O–H groups in total. The first-order valence-corrected chi connectivity index (χ1v) is 5.33. The molecule has 1 aromatic rings. The fourth-order valence-electron chi connectivity index (χ4n) is 1.90. The molecule has 0 spiro atoms. The van der Waals surface area contributed by atoms with Crippen molar-refractivity contribution >= 4 is 5.69 Å². The van der Waals surface area contributed by atoms with Crippen molar-refractivity contribution in [1.82, 2.24) is 4.90 Å². The Labute approximate surface area is 85.9 Å². The van der Waals surface area contributed by atoms with Crippen LogP contribution in [0.1, 0.15) is 19.4 Å². The summed E-state index contributed by atoms with van der Waals surface area (Å²) in [4.78, 5) is 2.50. The normalized spacial score (nSPS) is 17.4. The van der Waals surface area contributed by atoms with Crippen molar-refractivity contribution in [2.24, 2.45) is 0 Å². The summed E-state index contributed by atoms with van der Waals surface area (Å²) in [6.07, 6.45) is 0. The summed E-state index contributed by atoms with van der Waals surface area (Å²) < 4.78 is 0. The molecule has 0 saturated heterocycles. The lowest BCUT2D eigenvalue weighted by atomic mass is 10.1. The summed E-state index contributed by atoms with van der Waals surface area (Å²) >= 11 is 0. The highest BCUT2D eigenvalue weighted by Gasteiger charge is 2.14. The molecule has 14 heavy (non-hydrogen) atoms. The van der Waals surface area contributed by atoms with Crippen molar-refractivity contribution in [3.8, 4) is 0 Å². The maximum atomic E-state index is 3.47. The number of fused-ring (bicyclic) bond motifs is 1. The van der Waals surface area contributed by atoms with Crippen LogP contribution in [-0.4, -0.2) is 24.0 Å². The highest BCUT2D eigenvalue weighted by molar-refractivity contribution is 5.51. The number of hydrogen-bond donors (Lipinski definition) is 1. The lowest BCUT2D eigenvalue weighted by Crippen LogP contribution is -2.32. The Morgan fingerprint density at radius 2 is 2.07 bits per heavy atom. The van der Waals surface area contributed by atoms with E-state index in [4.69, 9.17) is 0 Å². The molecule has 2 heteroatoms. The summed E-state index contributed by atoms with van der Waals surface area (Å²) in [5.41, 5.74) is 2.72. The van der Waals surface area contributed by atoms with Crippen molar-refractivity contribution in [3.05, 3.63) is 29.8 Å². The minimum atomic E-state index is 0.628.